The molecule has 1 N–H and O–H groups in total. The molecule has 0 amide bonds. The van der Waals surface area contributed by atoms with Crippen LogP contribution in [0.4, 0.5) is 0 Å². The van der Waals surface area contributed by atoms with Crippen molar-refractivity contribution in [2.24, 2.45) is 0 Å². The van der Waals surface area contributed by atoms with E-state index in [9.17, 15) is 4.79 Å². The number of hydrogen-bond donors (Lipinski definition) is 1. The minimum atomic E-state index is -0.745. The van der Waals surface area contributed by atoms with Gasteiger partial charge in [0.05, 0.1) is 0 Å². The standard InChI is InChI=1S/C3H6O2.C3H5.CH3.Ni/c1-2-3(4)5;1-3-2;;/h2H2,1H3,(H,4,5);3H,1-2H2;1H3;/q;2*-1;+2. The van der Waals surface area contributed by atoms with Gasteiger partial charge in [0.2, 0.25) is 0 Å². The number of allylic oxidation sites excluding steroid dienone is 1. The van der Waals surface area contributed by atoms with Crippen molar-refractivity contribution < 1.29 is 26.4 Å². The van der Waals surface area contributed by atoms with Gasteiger partial charge in [-0.05, 0) is 0 Å². The van der Waals surface area contributed by atoms with Gasteiger partial charge in [0.25, 0.3) is 0 Å². The van der Waals surface area contributed by atoms with E-state index in [1.165, 1.54) is 6.08 Å². The van der Waals surface area contributed by atoms with Gasteiger partial charge in [0, 0.05) is 6.42 Å². The summed E-state index contributed by atoms with van der Waals surface area (Å²) >= 11 is 0. The summed E-state index contributed by atoms with van der Waals surface area (Å²) in [5.74, 6) is -0.745. The Morgan fingerprint density at radius 3 is 1.90 bits per heavy atom. The molecule has 0 heterocycles. The molecule has 0 fully saturated rings. The fraction of sp³-hybridized carbons (Fsp3) is 0.286. The van der Waals surface area contributed by atoms with Crippen LogP contribution < -0.4 is 0 Å². The molecule has 0 spiro atoms. The first-order valence-electron chi connectivity index (χ1n) is 2.30. The zero-order valence-corrected chi connectivity index (χ0v) is 7.36. The van der Waals surface area contributed by atoms with Crippen LogP contribution in [0.2, 0.25) is 0 Å². The summed E-state index contributed by atoms with van der Waals surface area (Å²) in [6, 6.07) is 0. The van der Waals surface area contributed by atoms with E-state index < -0.39 is 5.97 Å². The molecule has 0 radical (unpaired) electrons. The molecule has 0 aromatic rings. The Balaban J connectivity index is -0.0000000326. The first-order chi connectivity index (χ1) is 3.68. The van der Waals surface area contributed by atoms with Crippen LogP contribution in [0.15, 0.2) is 12.7 Å². The monoisotopic (exact) mass is 188 g/mol. The van der Waals surface area contributed by atoms with Crippen LogP contribution in [0, 0.1) is 14.4 Å². The number of aliphatic carboxylic acids is 1. The third-order valence-electron chi connectivity index (χ3n) is 0.302. The fourth-order valence-corrected chi connectivity index (χ4v) is 0. The number of carbonyl (C=O) groups is 1. The Morgan fingerprint density at radius 2 is 1.90 bits per heavy atom. The van der Waals surface area contributed by atoms with Crippen molar-refractivity contribution >= 4 is 5.97 Å². The van der Waals surface area contributed by atoms with Crippen LogP contribution in [0.3, 0.4) is 0 Å². The summed E-state index contributed by atoms with van der Waals surface area (Å²) in [5.41, 5.74) is 0. The topological polar surface area (TPSA) is 37.3 Å². The van der Waals surface area contributed by atoms with E-state index in [0.717, 1.165) is 0 Å². The normalized spacial score (nSPS) is 4.90. The van der Waals surface area contributed by atoms with Gasteiger partial charge in [-0.25, -0.2) is 19.6 Å². The maximum absolute atomic E-state index is 9.37. The largest absolute Gasteiger partial charge is 2.00 e. The van der Waals surface area contributed by atoms with Crippen LogP contribution >= 0.6 is 0 Å². The van der Waals surface area contributed by atoms with E-state index in [2.05, 4.69) is 13.5 Å². The molecule has 3 heteroatoms. The molecule has 0 aliphatic rings. The zero-order chi connectivity index (χ0) is 6.99. The first-order valence-corrected chi connectivity index (χ1v) is 2.30. The van der Waals surface area contributed by atoms with Crippen molar-refractivity contribution in [2.75, 3.05) is 0 Å². The van der Waals surface area contributed by atoms with E-state index in [-0.39, 0.29) is 30.3 Å². The van der Waals surface area contributed by atoms with Crippen LogP contribution in [-0.2, 0) is 21.3 Å². The van der Waals surface area contributed by atoms with E-state index in [0.29, 0.717) is 0 Å². The predicted octanol–water partition coefficient (Wildman–Crippen LogP) is 1.94. The van der Waals surface area contributed by atoms with E-state index in [1.54, 1.807) is 6.92 Å². The summed E-state index contributed by atoms with van der Waals surface area (Å²) in [5, 5.41) is 7.72. The van der Waals surface area contributed by atoms with Gasteiger partial charge >= 0.3 is 22.5 Å². The van der Waals surface area contributed by atoms with Crippen molar-refractivity contribution in [3.63, 3.8) is 0 Å². The smallest absolute Gasteiger partial charge is 0.481 e. The number of carboxylic acids is 1. The molecular weight excluding hydrogens is 175 g/mol. The molecule has 0 atom stereocenters. The van der Waals surface area contributed by atoms with E-state index in [4.69, 9.17) is 5.11 Å². The summed E-state index contributed by atoms with van der Waals surface area (Å²) < 4.78 is 0. The molecule has 0 rings (SSSR count). The first kappa shape index (κ1) is 22.7. The average Bonchev–Trinajstić information content (AvgIpc) is 1.69. The minimum Gasteiger partial charge on any atom is -0.481 e. The van der Waals surface area contributed by atoms with Gasteiger partial charge in [-0.2, -0.15) is 0 Å². The Kier molecular flexibility index (Phi) is 53.3. The molecule has 0 aliphatic heterocycles. The Bertz CT molecular complexity index is 72.0. The van der Waals surface area contributed by atoms with E-state index >= 15 is 0 Å². The average molecular weight is 189 g/mol. The Labute approximate surface area is 73.3 Å². The molecule has 0 bridgehead atoms. The molecule has 2 nitrogen and oxygen atoms in total. The van der Waals surface area contributed by atoms with Crippen LogP contribution in [-0.4, -0.2) is 11.1 Å². The predicted molar refractivity (Wildman–Crippen MR) is 39.9 cm³/mol. The second-order valence-electron chi connectivity index (χ2n) is 1.04. The van der Waals surface area contributed by atoms with Crippen molar-refractivity contribution in [1.29, 1.82) is 0 Å². The molecule has 64 valence electrons. The quantitative estimate of drug-likeness (QED) is 0.505. The van der Waals surface area contributed by atoms with Gasteiger partial charge < -0.3 is 12.5 Å². The maximum atomic E-state index is 9.37. The van der Waals surface area contributed by atoms with Crippen molar-refractivity contribution in [3.05, 3.63) is 27.0 Å². The minimum absolute atomic E-state index is 0. The molecule has 0 aliphatic carbocycles. The van der Waals surface area contributed by atoms with Gasteiger partial charge in [0.1, 0.15) is 0 Å². The summed E-state index contributed by atoms with van der Waals surface area (Å²) in [7, 11) is 0. The van der Waals surface area contributed by atoms with Gasteiger partial charge in [-0.15, -0.1) is 0 Å². The molecule has 0 saturated carbocycles. The second kappa shape index (κ2) is 23.5. The van der Waals surface area contributed by atoms with Gasteiger partial charge in [-0.1, -0.05) is 6.92 Å². The maximum Gasteiger partial charge on any atom is 2.00 e. The number of carboxylic acid groups (broad SMARTS) is 1. The zero-order valence-electron chi connectivity index (χ0n) is 6.37. The van der Waals surface area contributed by atoms with Crippen molar-refractivity contribution in [2.45, 2.75) is 13.3 Å². The van der Waals surface area contributed by atoms with Crippen molar-refractivity contribution in [3.8, 4) is 0 Å². The van der Waals surface area contributed by atoms with Crippen LogP contribution in [0.1, 0.15) is 13.3 Å². The summed E-state index contributed by atoms with van der Waals surface area (Å²) in [6.45, 7) is 8.10. The van der Waals surface area contributed by atoms with Gasteiger partial charge in [-0.3, -0.25) is 4.79 Å². The molecule has 0 aromatic heterocycles. The second-order valence-corrected chi connectivity index (χ2v) is 1.04. The van der Waals surface area contributed by atoms with Crippen LogP contribution in [0.5, 0.6) is 0 Å². The van der Waals surface area contributed by atoms with Crippen LogP contribution in [0.25, 0.3) is 0 Å². The van der Waals surface area contributed by atoms with Crippen molar-refractivity contribution in [1.82, 2.24) is 0 Å². The Morgan fingerprint density at radius 1 is 1.80 bits per heavy atom. The molecular formula is C7H14NiO2. The summed E-state index contributed by atoms with van der Waals surface area (Å²) in [6.07, 6.45) is 1.72. The summed E-state index contributed by atoms with van der Waals surface area (Å²) in [4.78, 5) is 9.37. The number of rotatable bonds is 1. The van der Waals surface area contributed by atoms with Gasteiger partial charge in [0.15, 0.2) is 0 Å². The SMILES string of the molecule is C=C[CH2-].CCC(=O)O.[CH3-].[Ni+2]. The van der Waals surface area contributed by atoms with E-state index in [1.807, 2.05) is 0 Å². The Hall–Kier alpha value is -0.426. The third kappa shape index (κ3) is 132. The molecule has 0 saturated heterocycles. The fourth-order valence-electron chi connectivity index (χ4n) is 0. The molecule has 0 unspecified atom stereocenters. The molecule has 10 heavy (non-hydrogen) atoms. The number of hydrogen-bond acceptors (Lipinski definition) is 1. The third-order valence-corrected chi connectivity index (χ3v) is 0.302. The molecule has 0 aromatic carbocycles.